The number of anilines is 2. The number of methoxy groups -OCH3 is 1. The van der Waals surface area contributed by atoms with E-state index in [0.29, 0.717) is 6.42 Å². The molecule has 0 aliphatic rings. The third-order valence-electron chi connectivity index (χ3n) is 3.72. The number of hydrogen-bond donors (Lipinski definition) is 1. The number of nitrogens with zero attached hydrogens (tertiary/aromatic N) is 2. The van der Waals surface area contributed by atoms with Crippen LogP contribution in [0.1, 0.15) is 22.5 Å². The topological polar surface area (TPSA) is 47.0 Å². The van der Waals surface area contributed by atoms with Crippen molar-refractivity contribution in [3.05, 3.63) is 65.0 Å². The molecular weight excluding hydrogens is 306 g/mol. The molecule has 0 atom stereocenters. The van der Waals surface area contributed by atoms with Crippen molar-refractivity contribution < 1.29 is 4.74 Å². The van der Waals surface area contributed by atoms with Crippen LogP contribution in [0.3, 0.4) is 0 Å². The van der Waals surface area contributed by atoms with Gasteiger partial charge < -0.3 is 10.1 Å². The van der Waals surface area contributed by atoms with Crippen LogP contribution in [0.15, 0.2) is 42.5 Å². The summed E-state index contributed by atoms with van der Waals surface area (Å²) >= 11 is 1.38. The van der Waals surface area contributed by atoms with E-state index < -0.39 is 0 Å². The van der Waals surface area contributed by atoms with Gasteiger partial charge in [0, 0.05) is 23.6 Å². The molecule has 0 spiro atoms. The highest BCUT2D eigenvalue weighted by atomic mass is 32.1. The lowest BCUT2D eigenvalue weighted by molar-refractivity contribution is 0.414. The fourth-order valence-electron chi connectivity index (χ4n) is 2.28. The molecule has 5 heteroatoms. The van der Waals surface area contributed by atoms with Crippen molar-refractivity contribution in [2.45, 2.75) is 20.3 Å². The molecule has 0 bridgehead atoms. The monoisotopic (exact) mass is 325 g/mol. The zero-order valence-corrected chi connectivity index (χ0v) is 14.3. The lowest BCUT2D eigenvalue weighted by Crippen LogP contribution is -1.94. The fourth-order valence-corrected chi connectivity index (χ4v) is 2.89. The number of aromatic nitrogens is 2. The molecule has 3 aromatic rings. The van der Waals surface area contributed by atoms with Crippen LogP contribution in [-0.4, -0.2) is 16.5 Å². The van der Waals surface area contributed by atoms with Crippen LogP contribution in [0.2, 0.25) is 0 Å². The van der Waals surface area contributed by atoms with Crippen LogP contribution in [0.25, 0.3) is 0 Å². The summed E-state index contributed by atoms with van der Waals surface area (Å²) in [6, 6.07) is 14.3. The summed E-state index contributed by atoms with van der Waals surface area (Å²) in [6.07, 6.45) is 0.697. The van der Waals surface area contributed by atoms with E-state index in [-0.39, 0.29) is 0 Å². The third kappa shape index (κ3) is 3.87. The first-order chi connectivity index (χ1) is 11.1. The second-order valence-corrected chi connectivity index (χ2v) is 6.22. The summed E-state index contributed by atoms with van der Waals surface area (Å²) < 4.78 is 9.68. The average Bonchev–Trinajstić information content (AvgIpc) is 2.98. The minimum atomic E-state index is 0.697. The smallest absolute Gasteiger partial charge is 0.207 e. The van der Waals surface area contributed by atoms with Gasteiger partial charge in [-0.3, -0.25) is 0 Å². The first-order valence-electron chi connectivity index (χ1n) is 7.44. The second kappa shape index (κ2) is 6.79. The van der Waals surface area contributed by atoms with E-state index in [4.69, 9.17) is 4.74 Å². The van der Waals surface area contributed by atoms with Gasteiger partial charge in [-0.25, -0.2) is 4.98 Å². The van der Waals surface area contributed by atoms with Gasteiger partial charge in [0.15, 0.2) is 0 Å². The van der Waals surface area contributed by atoms with Gasteiger partial charge in [0.05, 0.1) is 7.11 Å². The van der Waals surface area contributed by atoms with Gasteiger partial charge in [0.25, 0.3) is 0 Å². The maximum atomic E-state index is 5.25. The van der Waals surface area contributed by atoms with E-state index in [1.165, 1.54) is 22.7 Å². The Morgan fingerprint density at radius 3 is 2.74 bits per heavy atom. The Morgan fingerprint density at radius 1 is 1.09 bits per heavy atom. The maximum Gasteiger partial charge on any atom is 0.207 e. The molecule has 1 N–H and O–H groups in total. The summed E-state index contributed by atoms with van der Waals surface area (Å²) in [7, 11) is 1.67. The van der Waals surface area contributed by atoms with Crippen LogP contribution in [-0.2, 0) is 6.42 Å². The van der Waals surface area contributed by atoms with E-state index in [1.807, 2.05) is 18.2 Å². The van der Waals surface area contributed by atoms with Gasteiger partial charge >= 0.3 is 0 Å². The number of nitrogens with one attached hydrogen (secondary N) is 1. The maximum absolute atomic E-state index is 5.25. The zero-order chi connectivity index (χ0) is 16.2. The molecule has 23 heavy (non-hydrogen) atoms. The molecule has 0 unspecified atom stereocenters. The van der Waals surface area contributed by atoms with Gasteiger partial charge in [-0.05, 0) is 54.8 Å². The van der Waals surface area contributed by atoms with Gasteiger partial charge in [-0.2, -0.15) is 4.37 Å². The SMILES string of the molecule is COc1cccc(Cc2nsc(Nc3ccc(C)c(C)c3)n2)c1. The summed E-state index contributed by atoms with van der Waals surface area (Å²) in [5.41, 5.74) is 4.72. The molecule has 2 aromatic carbocycles. The lowest BCUT2D eigenvalue weighted by Gasteiger charge is -2.05. The Morgan fingerprint density at radius 2 is 1.96 bits per heavy atom. The lowest BCUT2D eigenvalue weighted by atomic mass is 10.1. The number of ether oxygens (including phenoxy) is 1. The molecule has 3 rings (SSSR count). The molecule has 0 aliphatic heterocycles. The Kier molecular flexibility index (Phi) is 4.57. The molecule has 1 aromatic heterocycles. The van der Waals surface area contributed by atoms with Crippen molar-refractivity contribution in [1.29, 1.82) is 0 Å². The Balaban J connectivity index is 1.71. The largest absolute Gasteiger partial charge is 0.497 e. The van der Waals surface area contributed by atoms with Crippen LogP contribution < -0.4 is 10.1 Å². The molecule has 0 aliphatic carbocycles. The van der Waals surface area contributed by atoms with Crippen LogP contribution in [0.4, 0.5) is 10.8 Å². The number of rotatable bonds is 5. The van der Waals surface area contributed by atoms with E-state index >= 15 is 0 Å². The van der Waals surface area contributed by atoms with Crippen LogP contribution in [0.5, 0.6) is 5.75 Å². The molecule has 0 radical (unpaired) electrons. The van der Waals surface area contributed by atoms with Gasteiger partial charge in [0.1, 0.15) is 11.6 Å². The van der Waals surface area contributed by atoms with Crippen LogP contribution >= 0.6 is 11.5 Å². The molecule has 0 amide bonds. The predicted molar refractivity (Wildman–Crippen MR) is 94.9 cm³/mol. The van der Waals surface area contributed by atoms with Crippen molar-refractivity contribution in [3.63, 3.8) is 0 Å². The van der Waals surface area contributed by atoms with Crippen molar-refractivity contribution >= 4 is 22.4 Å². The van der Waals surface area contributed by atoms with Crippen LogP contribution in [0, 0.1) is 13.8 Å². The molecule has 1 heterocycles. The second-order valence-electron chi connectivity index (χ2n) is 5.47. The predicted octanol–water partition coefficient (Wildman–Crippen LogP) is 4.50. The zero-order valence-electron chi connectivity index (χ0n) is 13.5. The average molecular weight is 325 g/mol. The van der Waals surface area contributed by atoms with Crippen molar-refractivity contribution in [2.75, 3.05) is 12.4 Å². The van der Waals surface area contributed by atoms with E-state index in [2.05, 4.69) is 52.8 Å². The standard InChI is InChI=1S/C18H19N3OS/c1-12-7-8-15(9-13(12)2)19-18-20-17(21-23-18)11-14-5-4-6-16(10-14)22-3/h4-10H,11H2,1-3H3,(H,19,20,21). The Hall–Kier alpha value is -2.40. The molecule has 4 nitrogen and oxygen atoms in total. The highest BCUT2D eigenvalue weighted by Gasteiger charge is 2.07. The highest BCUT2D eigenvalue weighted by Crippen LogP contribution is 2.22. The first kappa shape index (κ1) is 15.5. The van der Waals surface area contributed by atoms with Gasteiger partial charge in [0.2, 0.25) is 5.13 Å². The van der Waals surface area contributed by atoms with E-state index in [1.54, 1.807) is 7.11 Å². The first-order valence-corrected chi connectivity index (χ1v) is 8.21. The molecule has 0 fully saturated rings. The van der Waals surface area contributed by atoms with Gasteiger partial charge in [-0.1, -0.05) is 18.2 Å². The third-order valence-corrected chi connectivity index (χ3v) is 4.39. The van der Waals surface area contributed by atoms with Gasteiger partial charge in [-0.15, -0.1) is 0 Å². The molecule has 0 saturated carbocycles. The Labute approximate surface area is 140 Å². The summed E-state index contributed by atoms with van der Waals surface area (Å²) in [6.45, 7) is 4.21. The van der Waals surface area contributed by atoms with E-state index in [0.717, 1.165) is 28.0 Å². The molecule has 118 valence electrons. The quantitative estimate of drug-likeness (QED) is 0.750. The highest BCUT2D eigenvalue weighted by molar-refractivity contribution is 7.09. The van der Waals surface area contributed by atoms with Crippen molar-refractivity contribution in [2.24, 2.45) is 0 Å². The van der Waals surface area contributed by atoms with Crippen molar-refractivity contribution in [3.8, 4) is 5.75 Å². The minimum absolute atomic E-state index is 0.697. The summed E-state index contributed by atoms with van der Waals surface area (Å²) in [5.74, 6) is 1.67. The summed E-state index contributed by atoms with van der Waals surface area (Å²) in [5, 5.41) is 4.13. The van der Waals surface area contributed by atoms with Crippen molar-refractivity contribution in [1.82, 2.24) is 9.36 Å². The number of hydrogen-bond acceptors (Lipinski definition) is 5. The van der Waals surface area contributed by atoms with E-state index in [9.17, 15) is 0 Å². The Bertz CT molecular complexity index is 814. The normalized spacial score (nSPS) is 10.6. The minimum Gasteiger partial charge on any atom is -0.497 e. The molecule has 0 saturated heterocycles. The fraction of sp³-hybridized carbons (Fsp3) is 0.222. The number of aryl methyl sites for hydroxylation is 2. The number of benzene rings is 2. The summed E-state index contributed by atoms with van der Waals surface area (Å²) in [4.78, 5) is 4.56. The molecular formula is C18H19N3OS.